The molecule has 4 aliphatic rings. The van der Waals surface area contributed by atoms with Crippen LogP contribution in [-0.2, 0) is 41.6 Å². The van der Waals surface area contributed by atoms with E-state index in [9.17, 15) is 46.3 Å². The monoisotopic (exact) mass is 930 g/mol. The number of benzene rings is 2. The molecule has 67 heavy (non-hydrogen) atoms. The number of carbonyl (C=O) groups excluding carboxylic acids is 5. The molecule has 2 fully saturated rings. The summed E-state index contributed by atoms with van der Waals surface area (Å²) in [4.78, 5) is 78.6. The van der Waals surface area contributed by atoms with E-state index in [1.807, 2.05) is 30.4 Å². The van der Waals surface area contributed by atoms with E-state index in [0.29, 0.717) is 31.8 Å². The first-order valence-electron chi connectivity index (χ1n) is 22.1. The molecule has 4 aromatic rings. The van der Waals surface area contributed by atoms with Gasteiger partial charge in [0, 0.05) is 36.8 Å². The van der Waals surface area contributed by atoms with Crippen molar-refractivity contribution in [1.29, 1.82) is 0 Å². The number of carboxylic acid groups (broad SMARTS) is 1. The maximum absolute atomic E-state index is 13.1. The molecule has 2 aromatic carbocycles. The van der Waals surface area contributed by atoms with Crippen LogP contribution in [0, 0.1) is 25.7 Å². The number of carbonyl (C=O) groups is 6. The maximum Gasteiger partial charge on any atom is 0.394 e. The Kier molecular flexibility index (Phi) is 16.4. The van der Waals surface area contributed by atoms with E-state index < -0.39 is 42.2 Å². The molecule has 0 spiro atoms. The summed E-state index contributed by atoms with van der Waals surface area (Å²) in [7, 11) is 0. The van der Waals surface area contributed by atoms with E-state index in [4.69, 9.17) is 5.11 Å². The molecular formula is C48H54F4N8O7. The van der Waals surface area contributed by atoms with Crippen LogP contribution < -0.4 is 26.6 Å². The van der Waals surface area contributed by atoms with Gasteiger partial charge in [0.25, 0.3) is 12.9 Å². The number of anilines is 4. The highest BCUT2D eigenvalue weighted by Crippen LogP contribution is 2.36. The number of piperidine rings is 2. The third-order valence-corrected chi connectivity index (χ3v) is 12.1. The first kappa shape index (κ1) is 49.7. The molecule has 356 valence electrons. The number of aryl methyl sites for hydroxylation is 4. The summed E-state index contributed by atoms with van der Waals surface area (Å²) < 4.78 is 50.5. The van der Waals surface area contributed by atoms with Gasteiger partial charge in [0.1, 0.15) is 11.4 Å². The van der Waals surface area contributed by atoms with Crippen LogP contribution in [-0.4, -0.2) is 68.6 Å². The third-order valence-electron chi connectivity index (χ3n) is 12.1. The molecule has 0 unspecified atom stereocenters. The fraction of sp³-hybridized carbons (Fsp3) is 0.417. The molecule has 4 atom stereocenters. The number of likely N-dealkylation sites (tertiary alicyclic amines) is 1. The van der Waals surface area contributed by atoms with E-state index in [2.05, 4.69) is 56.4 Å². The fourth-order valence-corrected chi connectivity index (χ4v) is 8.50. The third kappa shape index (κ3) is 13.0. The lowest BCUT2D eigenvalue weighted by atomic mass is 9.88. The molecule has 6 N–H and O–H groups in total. The average molecular weight is 931 g/mol. The summed E-state index contributed by atoms with van der Waals surface area (Å²) in [5.41, 5.74) is 6.31. The Morgan fingerprint density at radius 3 is 1.69 bits per heavy atom. The van der Waals surface area contributed by atoms with Crippen molar-refractivity contribution in [2.45, 2.75) is 104 Å². The second-order valence-corrected chi connectivity index (χ2v) is 17.4. The van der Waals surface area contributed by atoms with E-state index in [1.165, 1.54) is 49.9 Å². The van der Waals surface area contributed by atoms with Crippen LogP contribution >= 0.6 is 0 Å². The van der Waals surface area contributed by atoms with Gasteiger partial charge in [-0.1, -0.05) is 38.1 Å². The highest BCUT2D eigenvalue weighted by Gasteiger charge is 2.35. The summed E-state index contributed by atoms with van der Waals surface area (Å²) in [5.74, 6) is -3.25. The summed E-state index contributed by atoms with van der Waals surface area (Å²) >= 11 is 0. The number of hydrogen-bond acceptors (Lipinski definition) is 9. The molecule has 8 rings (SSSR count). The van der Waals surface area contributed by atoms with E-state index in [-0.39, 0.29) is 52.0 Å². The van der Waals surface area contributed by atoms with Gasteiger partial charge in [-0.05, 0) is 128 Å². The fourth-order valence-electron chi connectivity index (χ4n) is 8.50. The number of fused-ring (bicyclic) bond motifs is 2. The van der Waals surface area contributed by atoms with Crippen LogP contribution in [0.1, 0.15) is 122 Å². The minimum absolute atomic E-state index is 0.0125. The first-order valence-corrected chi connectivity index (χ1v) is 22.1. The Labute approximate surface area is 384 Å². The molecular weight excluding hydrogens is 877 g/mol. The molecule has 0 radical (unpaired) electrons. The molecule has 5 amide bonds. The molecule has 0 aliphatic carbocycles. The number of nitrogens with one attached hydrogen (secondary N) is 5. The number of rotatable bonds is 6. The quantitative estimate of drug-likeness (QED) is 0.0807. The Morgan fingerprint density at radius 1 is 0.687 bits per heavy atom. The number of aromatic nitrogens is 2. The van der Waals surface area contributed by atoms with Gasteiger partial charge in [-0.2, -0.15) is 0 Å². The van der Waals surface area contributed by atoms with Gasteiger partial charge in [0.15, 0.2) is 0 Å². The topological polar surface area (TPSA) is 212 Å². The number of alkyl halides is 4. The molecule has 6 heterocycles. The molecule has 2 aromatic heterocycles. The molecule has 19 heteroatoms. The van der Waals surface area contributed by atoms with Crippen molar-refractivity contribution >= 4 is 58.3 Å². The minimum Gasteiger partial charge on any atom is -0.474 e. The van der Waals surface area contributed by atoms with E-state index in [1.54, 1.807) is 4.90 Å². The second-order valence-electron chi connectivity index (χ2n) is 17.4. The predicted octanol–water partition coefficient (Wildman–Crippen LogP) is 8.13. The first-order chi connectivity index (χ1) is 31.9. The van der Waals surface area contributed by atoms with Gasteiger partial charge in [-0.15, -0.1) is 0 Å². The van der Waals surface area contributed by atoms with Crippen LogP contribution in [0.5, 0.6) is 0 Å². The maximum atomic E-state index is 13.1. The predicted molar refractivity (Wildman–Crippen MR) is 242 cm³/mol. The number of hydrogen-bond donors (Lipinski definition) is 6. The van der Waals surface area contributed by atoms with Crippen LogP contribution in [0.15, 0.2) is 60.9 Å². The number of aliphatic carboxylic acids is 1. The van der Waals surface area contributed by atoms with Crippen molar-refractivity contribution in [2.24, 2.45) is 11.8 Å². The molecule has 0 saturated carbocycles. The zero-order chi connectivity index (χ0) is 48.5. The molecule has 15 nitrogen and oxygen atoms in total. The van der Waals surface area contributed by atoms with E-state index >= 15 is 0 Å². The van der Waals surface area contributed by atoms with E-state index in [0.717, 1.165) is 66.6 Å². The number of carboxylic acids is 1. The number of halogens is 4. The van der Waals surface area contributed by atoms with Gasteiger partial charge >= 0.3 is 23.7 Å². The molecule has 2 saturated heterocycles. The average Bonchev–Trinajstić information content (AvgIpc) is 3.29. The van der Waals surface area contributed by atoms with Gasteiger partial charge in [0.2, 0.25) is 11.8 Å². The second kappa shape index (κ2) is 22.2. The van der Waals surface area contributed by atoms with Crippen LogP contribution in [0.2, 0.25) is 0 Å². The lowest BCUT2D eigenvalue weighted by molar-refractivity contribution is -0.147. The normalized spacial score (nSPS) is 19.8. The van der Waals surface area contributed by atoms with Crippen molar-refractivity contribution < 1.29 is 51.4 Å². The number of pyridine rings is 2. The number of nitrogens with zero attached hydrogens (tertiary/aromatic N) is 3. The molecule has 4 aliphatic heterocycles. The SMILES string of the molecule is C[C@H]1CC[C@H](c2ccc3c(c2)CCC(=O)N3)NC1.Cc1cc(NC(=O)C(=O)N2C[C@@H](C)CC[C@@H]2c2ccc3c(c2)CCC(=O)N3)cnc1C(F)F.Cc1cc(NC(=O)C(=O)O)cnc1C(F)F. The van der Waals surface area contributed by atoms with Gasteiger partial charge < -0.3 is 36.6 Å². The lowest BCUT2D eigenvalue weighted by Crippen LogP contribution is -2.46. The Morgan fingerprint density at radius 2 is 1.19 bits per heavy atom. The minimum atomic E-state index is -2.71. The zero-order valence-corrected chi connectivity index (χ0v) is 37.6. The van der Waals surface area contributed by atoms with Crippen molar-refractivity contribution in [2.75, 3.05) is 34.4 Å². The van der Waals surface area contributed by atoms with Gasteiger partial charge in [-0.25, -0.2) is 22.4 Å². The summed E-state index contributed by atoms with van der Waals surface area (Å²) in [6.07, 6.45) is 3.39. The van der Waals surface area contributed by atoms with Gasteiger partial charge in [0.05, 0.1) is 29.8 Å². The zero-order valence-electron chi connectivity index (χ0n) is 37.6. The van der Waals surface area contributed by atoms with Crippen molar-refractivity contribution in [3.63, 3.8) is 0 Å². The Bertz CT molecular complexity index is 2520. The Hall–Kier alpha value is -6.76. The lowest BCUT2D eigenvalue weighted by Gasteiger charge is -2.39. The standard InChI is InChI=1S/C24H26F2N4O3.C15H20N2O.C9H8F2N2O3/c1-13-3-7-19(16-4-6-18-15(10-16)5-8-20(31)29-18)30(12-13)24(33)23(32)28-17-9-14(2)21(22(25)26)27-11-17;1-10-2-5-13(16-9-10)11-3-6-14-12(8-11)4-7-15(18)17-14;1-4-2-5(13-8(14)9(15)16)3-12-6(4)7(10)11/h4,6,9-11,13,19,22H,3,5,7-8,12H2,1-2H3,(H,28,32)(H,29,31);3,6,8,10,13,16H,2,4-5,7,9H2,1H3,(H,17,18);2-3,7H,1H3,(H,13,14)(H,15,16)/t13-,19+;10-,13+;/m00./s1. The summed E-state index contributed by atoms with van der Waals surface area (Å²) in [6.45, 7) is 8.75. The van der Waals surface area contributed by atoms with Crippen molar-refractivity contribution in [1.82, 2.24) is 20.2 Å². The summed E-state index contributed by atoms with van der Waals surface area (Å²) in [5, 5.41) is 22.2. The largest absolute Gasteiger partial charge is 0.474 e. The van der Waals surface area contributed by atoms with Crippen molar-refractivity contribution in [3.05, 3.63) is 106 Å². The number of amides is 5. The Balaban J connectivity index is 0.000000183. The smallest absolute Gasteiger partial charge is 0.394 e. The van der Waals surface area contributed by atoms with Crippen molar-refractivity contribution in [3.8, 4) is 0 Å². The van der Waals surface area contributed by atoms with Crippen LogP contribution in [0.25, 0.3) is 0 Å². The highest BCUT2D eigenvalue weighted by molar-refractivity contribution is 6.39. The van der Waals surface area contributed by atoms with Crippen LogP contribution in [0.4, 0.5) is 40.3 Å². The van der Waals surface area contributed by atoms with Crippen LogP contribution in [0.3, 0.4) is 0 Å². The highest BCUT2D eigenvalue weighted by atomic mass is 19.3. The summed E-state index contributed by atoms with van der Waals surface area (Å²) in [6, 6.07) is 15.1. The molecule has 0 bridgehead atoms. The van der Waals surface area contributed by atoms with Gasteiger partial charge in [-0.3, -0.25) is 33.9 Å².